The van der Waals surface area contributed by atoms with Crippen LogP contribution in [0.4, 0.5) is 34.1 Å². The Hall–Kier alpha value is -7.08. The van der Waals surface area contributed by atoms with Gasteiger partial charge in [-0.2, -0.15) is 0 Å². The summed E-state index contributed by atoms with van der Waals surface area (Å²) in [6, 6.07) is 65.6. The topological polar surface area (TPSA) is 32.8 Å². The minimum atomic E-state index is -1.43. The number of fused-ring (bicyclic) bond motifs is 9. The highest BCUT2D eigenvalue weighted by atomic mass is 28.3. The van der Waals surface area contributed by atoms with Gasteiger partial charge in [0.1, 0.15) is 22.3 Å². The average Bonchev–Trinajstić information content (AvgIpc) is 3.80. The molecular formula is C54H42N2O2Si. The smallest absolute Gasteiger partial charge is 0.147 e. The highest BCUT2D eigenvalue weighted by Crippen LogP contribution is 2.44. The number of rotatable bonds is 7. The van der Waals surface area contributed by atoms with Crippen molar-refractivity contribution in [3.8, 4) is 0 Å². The number of benzene rings is 9. The maximum atomic E-state index is 6.85. The van der Waals surface area contributed by atoms with Gasteiger partial charge in [-0.3, -0.25) is 0 Å². The molecule has 4 nitrogen and oxygen atoms in total. The Bertz CT molecular complexity index is 3360. The molecule has 0 N–H and O–H groups in total. The highest BCUT2D eigenvalue weighted by molar-refractivity contribution is 6.88. The molecule has 0 aliphatic carbocycles. The average molecular weight is 779 g/mol. The molecule has 0 bridgehead atoms. The molecule has 284 valence electrons. The number of nitrogens with zero attached hydrogens (tertiary/aromatic N) is 2. The van der Waals surface area contributed by atoms with Gasteiger partial charge >= 0.3 is 0 Å². The minimum absolute atomic E-state index is 0.818. The van der Waals surface area contributed by atoms with Crippen LogP contribution in [-0.2, 0) is 0 Å². The fraction of sp³-hybridized carbons (Fsp3) is 0.0741. The summed E-state index contributed by atoms with van der Waals surface area (Å²) in [6.07, 6.45) is 0. The van der Waals surface area contributed by atoms with Crippen molar-refractivity contribution in [2.75, 3.05) is 9.80 Å². The monoisotopic (exact) mass is 778 g/mol. The molecule has 11 rings (SSSR count). The third-order valence-electron chi connectivity index (χ3n) is 11.8. The van der Waals surface area contributed by atoms with Crippen molar-refractivity contribution in [1.29, 1.82) is 0 Å². The van der Waals surface area contributed by atoms with E-state index in [1.807, 2.05) is 0 Å². The van der Waals surface area contributed by atoms with E-state index in [2.05, 4.69) is 218 Å². The molecule has 0 unspecified atom stereocenters. The molecule has 0 aliphatic heterocycles. The molecule has 0 radical (unpaired) electrons. The zero-order valence-electron chi connectivity index (χ0n) is 33.5. The van der Waals surface area contributed by atoms with Crippen LogP contribution in [0.2, 0.25) is 19.6 Å². The van der Waals surface area contributed by atoms with Crippen LogP contribution in [-0.4, -0.2) is 8.07 Å². The van der Waals surface area contributed by atoms with Gasteiger partial charge in [0.15, 0.2) is 0 Å². The molecular weight excluding hydrogens is 737 g/mol. The fourth-order valence-electron chi connectivity index (χ4n) is 8.69. The lowest BCUT2D eigenvalue weighted by Gasteiger charge is -2.27. The largest absolute Gasteiger partial charge is 0.456 e. The first kappa shape index (κ1) is 35.1. The van der Waals surface area contributed by atoms with E-state index in [0.717, 1.165) is 94.2 Å². The van der Waals surface area contributed by atoms with Crippen LogP contribution >= 0.6 is 0 Å². The molecule has 0 amide bonds. The second-order valence-electron chi connectivity index (χ2n) is 16.8. The summed E-state index contributed by atoms with van der Waals surface area (Å²) in [5, 5.41) is 10.2. The zero-order chi connectivity index (χ0) is 39.8. The van der Waals surface area contributed by atoms with Crippen LogP contribution < -0.4 is 15.0 Å². The van der Waals surface area contributed by atoms with Crippen molar-refractivity contribution < 1.29 is 8.83 Å². The summed E-state index contributed by atoms with van der Waals surface area (Å²) in [4.78, 5) is 4.64. The van der Waals surface area contributed by atoms with Crippen molar-refractivity contribution in [3.05, 3.63) is 188 Å². The summed E-state index contributed by atoms with van der Waals surface area (Å²) in [5.74, 6) is 0. The molecule has 9 aromatic carbocycles. The van der Waals surface area contributed by atoms with Gasteiger partial charge in [-0.25, -0.2) is 0 Å². The number of anilines is 6. The number of hydrogen-bond acceptors (Lipinski definition) is 4. The van der Waals surface area contributed by atoms with Gasteiger partial charge in [-0.15, -0.1) is 0 Å². The van der Waals surface area contributed by atoms with E-state index in [0.29, 0.717) is 0 Å². The predicted molar refractivity (Wildman–Crippen MR) is 253 cm³/mol. The second kappa shape index (κ2) is 13.5. The number of para-hydroxylation sites is 2. The Balaban J connectivity index is 1.02. The second-order valence-corrected chi connectivity index (χ2v) is 21.8. The van der Waals surface area contributed by atoms with Gasteiger partial charge < -0.3 is 18.6 Å². The van der Waals surface area contributed by atoms with Crippen molar-refractivity contribution in [2.24, 2.45) is 0 Å². The van der Waals surface area contributed by atoms with Gasteiger partial charge in [-0.05, 0) is 138 Å². The molecule has 2 aromatic heterocycles. The van der Waals surface area contributed by atoms with E-state index in [1.54, 1.807) is 0 Å². The summed E-state index contributed by atoms with van der Waals surface area (Å²) < 4.78 is 13.4. The first-order valence-electron chi connectivity index (χ1n) is 20.3. The summed E-state index contributed by atoms with van der Waals surface area (Å²) >= 11 is 0. The van der Waals surface area contributed by atoms with Crippen molar-refractivity contribution in [3.63, 3.8) is 0 Å². The Morgan fingerprint density at radius 1 is 0.373 bits per heavy atom. The molecule has 59 heavy (non-hydrogen) atoms. The number of hydrogen-bond donors (Lipinski definition) is 0. The van der Waals surface area contributed by atoms with E-state index in [-0.39, 0.29) is 0 Å². The quantitative estimate of drug-likeness (QED) is 0.151. The number of furan rings is 2. The lowest BCUT2D eigenvalue weighted by atomic mass is 10.0. The summed E-state index contributed by atoms with van der Waals surface area (Å²) in [5.41, 5.74) is 11.3. The molecule has 0 spiro atoms. The van der Waals surface area contributed by atoms with Crippen molar-refractivity contribution in [1.82, 2.24) is 0 Å². The maximum absolute atomic E-state index is 6.85. The molecule has 11 aromatic rings. The van der Waals surface area contributed by atoms with Crippen molar-refractivity contribution in [2.45, 2.75) is 26.6 Å². The van der Waals surface area contributed by atoms with Gasteiger partial charge in [0.25, 0.3) is 0 Å². The Morgan fingerprint density at radius 2 is 0.864 bits per heavy atom. The Labute approximate surface area is 344 Å². The molecule has 5 heteroatoms. The highest BCUT2D eigenvalue weighted by Gasteiger charge is 2.21. The van der Waals surface area contributed by atoms with Gasteiger partial charge in [0, 0.05) is 50.3 Å². The standard InChI is InChI=1S/C54H42N2O2Si/c1-35-15-19-42(20-16-35)55(40-11-7-5-8-12-40)44-22-18-37-32-49-52(34-39(37)30-44)57-50-28-27-47-48-31-36-17-21-45(29-38(36)33-51(48)58-54(47)53(49)50)56(41-13-9-6-10-14-41)43-23-25-46(26-24-43)59(2,3)4/h5-34H,1-4H3. The maximum Gasteiger partial charge on any atom is 0.147 e. The van der Waals surface area contributed by atoms with E-state index in [9.17, 15) is 0 Å². The predicted octanol–water partition coefficient (Wildman–Crippen LogP) is 15.6. The van der Waals surface area contributed by atoms with Gasteiger partial charge in [0.2, 0.25) is 0 Å². The van der Waals surface area contributed by atoms with Crippen molar-refractivity contribution >= 4 is 113 Å². The first-order chi connectivity index (χ1) is 28.7. The zero-order valence-corrected chi connectivity index (χ0v) is 34.5. The third-order valence-corrected chi connectivity index (χ3v) is 13.8. The molecule has 0 saturated heterocycles. The Kier molecular flexibility index (Phi) is 8.04. The fourth-order valence-corrected chi connectivity index (χ4v) is 9.85. The van der Waals surface area contributed by atoms with Crippen LogP contribution in [0.15, 0.2) is 191 Å². The summed E-state index contributed by atoms with van der Waals surface area (Å²) in [6.45, 7) is 9.30. The van der Waals surface area contributed by atoms with E-state index in [1.165, 1.54) is 16.1 Å². The van der Waals surface area contributed by atoms with E-state index in [4.69, 9.17) is 8.83 Å². The first-order valence-corrected chi connectivity index (χ1v) is 23.8. The van der Waals surface area contributed by atoms with Crippen LogP contribution in [0.25, 0.3) is 65.4 Å². The molecule has 0 aliphatic rings. The minimum Gasteiger partial charge on any atom is -0.456 e. The van der Waals surface area contributed by atoms with E-state index < -0.39 is 8.07 Å². The summed E-state index contributed by atoms with van der Waals surface area (Å²) in [7, 11) is -1.43. The lowest BCUT2D eigenvalue weighted by Crippen LogP contribution is -2.37. The molecule has 0 saturated carbocycles. The lowest BCUT2D eigenvalue weighted by molar-refractivity contribution is 0.663. The van der Waals surface area contributed by atoms with Crippen LogP contribution in [0.1, 0.15) is 5.56 Å². The molecule has 0 atom stereocenters. The normalized spacial score (nSPS) is 12.1. The van der Waals surface area contributed by atoms with Gasteiger partial charge in [0.05, 0.1) is 13.5 Å². The third kappa shape index (κ3) is 6.05. The Morgan fingerprint density at radius 3 is 1.42 bits per heavy atom. The van der Waals surface area contributed by atoms with Crippen LogP contribution in [0.3, 0.4) is 0 Å². The number of aryl methyl sites for hydroxylation is 1. The van der Waals surface area contributed by atoms with Crippen LogP contribution in [0, 0.1) is 6.92 Å². The molecule has 2 heterocycles. The SMILES string of the molecule is Cc1ccc(N(c2ccccc2)c2ccc3cc4c(cc3c2)oc2ccc3c5cc6ccc(N(c7ccccc7)c7ccc([Si](C)(C)C)cc7)cc6cc5oc3c24)cc1. The van der Waals surface area contributed by atoms with Gasteiger partial charge in [-0.1, -0.05) is 103 Å². The van der Waals surface area contributed by atoms with E-state index >= 15 is 0 Å². The van der Waals surface area contributed by atoms with Crippen LogP contribution in [0.5, 0.6) is 0 Å². The molecule has 0 fully saturated rings.